The predicted octanol–water partition coefficient (Wildman–Crippen LogP) is 2.25. The molecule has 13 heteroatoms. The lowest BCUT2D eigenvalue weighted by molar-refractivity contribution is -0.187. The Morgan fingerprint density at radius 1 is 0.959 bits per heavy atom. The fraction of sp³-hybridized carbons (Fsp3) is 0.389. The Morgan fingerprint density at radius 2 is 1.73 bits per heavy atom. The number of hydrogen-bond donors (Lipinski definition) is 2. The van der Waals surface area contributed by atoms with Crippen molar-refractivity contribution in [1.29, 1.82) is 0 Å². The topological polar surface area (TPSA) is 127 Å². The molecular weight excluding hydrogens is 624 g/mol. The average molecular weight is 667 g/mol. The van der Waals surface area contributed by atoms with Gasteiger partial charge in [-0.15, -0.1) is 0 Å². The molecule has 3 aliphatic heterocycles. The summed E-state index contributed by atoms with van der Waals surface area (Å²) in [6.07, 6.45) is 1.56. The Bertz CT molecular complexity index is 1790. The van der Waals surface area contributed by atoms with E-state index in [1.165, 1.54) is 0 Å². The summed E-state index contributed by atoms with van der Waals surface area (Å²) in [7, 11) is 1.72. The summed E-state index contributed by atoms with van der Waals surface area (Å²) in [4.78, 5) is 47.6. The summed E-state index contributed by atoms with van der Waals surface area (Å²) in [5.41, 5.74) is 3.54. The first-order valence-electron chi connectivity index (χ1n) is 16.8. The van der Waals surface area contributed by atoms with Crippen LogP contribution in [0.1, 0.15) is 16.7 Å². The highest BCUT2D eigenvalue weighted by molar-refractivity contribution is 5.92. The van der Waals surface area contributed by atoms with E-state index in [2.05, 4.69) is 10.2 Å². The molecule has 3 saturated heterocycles. The molecule has 0 bridgehead atoms. The fourth-order valence-electron chi connectivity index (χ4n) is 7.04. The molecule has 3 aromatic carbocycles. The van der Waals surface area contributed by atoms with E-state index in [0.29, 0.717) is 13.1 Å². The van der Waals surface area contributed by atoms with Gasteiger partial charge in [0.15, 0.2) is 0 Å². The number of hydrazine groups is 1. The molecule has 13 nitrogen and oxygen atoms in total. The van der Waals surface area contributed by atoms with Crippen molar-refractivity contribution in [2.24, 2.45) is 0 Å². The first-order valence-corrected chi connectivity index (χ1v) is 16.8. The number of carbonyl (C=O) groups excluding carboxylic acids is 3. The summed E-state index contributed by atoms with van der Waals surface area (Å²) in [5, 5.41) is 21.9. The number of likely N-dealkylation sites (N-methyl/N-ethyl adjacent to an activating group) is 1. The first-order chi connectivity index (χ1) is 23.8. The van der Waals surface area contributed by atoms with Gasteiger partial charge in [-0.3, -0.25) is 19.2 Å². The van der Waals surface area contributed by atoms with Gasteiger partial charge in [0.2, 0.25) is 11.8 Å². The number of aromatic nitrogens is 2. The normalized spacial score (nSPS) is 20.6. The Labute approximate surface area is 285 Å². The maximum absolute atomic E-state index is 14.4. The van der Waals surface area contributed by atoms with E-state index >= 15 is 0 Å². The summed E-state index contributed by atoms with van der Waals surface area (Å²) >= 11 is 0. The predicted molar refractivity (Wildman–Crippen MR) is 182 cm³/mol. The molecule has 7 rings (SSSR count). The van der Waals surface area contributed by atoms with Crippen molar-refractivity contribution in [2.75, 3.05) is 53.0 Å². The molecule has 4 amide bonds. The molecule has 4 aromatic rings. The smallest absolute Gasteiger partial charge is 0.334 e. The average Bonchev–Trinajstić information content (AvgIpc) is 3.54. The second-order valence-electron chi connectivity index (χ2n) is 12.9. The van der Waals surface area contributed by atoms with Crippen LogP contribution in [-0.2, 0) is 40.4 Å². The number of aromatic hydroxyl groups is 1. The van der Waals surface area contributed by atoms with E-state index in [1.54, 1.807) is 51.1 Å². The van der Waals surface area contributed by atoms with Crippen LogP contribution in [0.3, 0.4) is 0 Å². The van der Waals surface area contributed by atoms with Crippen LogP contribution in [0.5, 0.6) is 5.75 Å². The number of piperazine rings is 1. The van der Waals surface area contributed by atoms with Gasteiger partial charge < -0.3 is 25.0 Å². The van der Waals surface area contributed by atoms with Gasteiger partial charge in [0.25, 0.3) is 0 Å². The number of nitrogens with zero attached hydrogens (tertiary/aromatic N) is 7. The number of phenolic OH excluding ortho intramolecular Hbond substituents is 1. The van der Waals surface area contributed by atoms with Crippen molar-refractivity contribution in [2.45, 2.75) is 38.3 Å². The monoisotopic (exact) mass is 666 g/mol. The quantitative estimate of drug-likeness (QED) is 0.279. The minimum Gasteiger partial charge on any atom is -0.508 e. The highest BCUT2D eigenvalue weighted by Gasteiger charge is 2.50. The van der Waals surface area contributed by atoms with E-state index in [9.17, 15) is 19.5 Å². The zero-order valence-electron chi connectivity index (χ0n) is 27.6. The van der Waals surface area contributed by atoms with Crippen molar-refractivity contribution >= 4 is 28.7 Å². The molecule has 2 atom stereocenters. The number of carbonyl (C=O) groups is 3. The Hall–Kier alpha value is -4.98. The molecule has 0 radical (unpaired) electrons. The lowest BCUT2D eigenvalue weighted by atomic mass is 9.98. The van der Waals surface area contributed by atoms with Crippen LogP contribution in [0.25, 0.3) is 10.9 Å². The fourth-order valence-corrected chi connectivity index (χ4v) is 7.04. The minimum absolute atomic E-state index is 0.0441. The van der Waals surface area contributed by atoms with Crippen LogP contribution in [0, 0.1) is 0 Å². The van der Waals surface area contributed by atoms with E-state index in [0.717, 1.165) is 67.0 Å². The van der Waals surface area contributed by atoms with Gasteiger partial charge in [-0.05, 0) is 34.9 Å². The molecule has 3 aliphatic rings. The Balaban J connectivity index is 1.17. The van der Waals surface area contributed by atoms with Crippen LogP contribution in [0.2, 0.25) is 0 Å². The number of nitrogens with one attached hydrogen (secondary N) is 1. The van der Waals surface area contributed by atoms with Gasteiger partial charge in [-0.25, -0.2) is 14.8 Å². The van der Waals surface area contributed by atoms with Crippen molar-refractivity contribution in [3.63, 3.8) is 0 Å². The van der Waals surface area contributed by atoms with E-state index in [4.69, 9.17) is 9.84 Å². The molecule has 49 heavy (non-hydrogen) atoms. The van der Waals surface area contributed by atoms with Crippen molar-refractivity contribution in [1.82, 2.24) is 39.8 Å². The van der Waals surface area contributed by atoms with Gasteiger partial charge in [-0.1, -0.05) is 54.6 Å². The Kier molecular flexibility index (Phi) is 9.47. The minimum atomic E-state index is -0.843. The third kappa shape index (κ3) is 7.09. The number of phenols is 1. The molecular formula is C36H42N8O5. The maximum Gasteiger partial charge on any atom is 0.334 e. The standard InChI is InChI=1S/C36H42N8O5/c1-39-25-34(46)43-32(20-26-10-12-29(45)13-11-26)35(47)41(24-33(43)44(39)36(48)37-21-27-6-3-2-4-7-27)22-28-8-5-9-31-30(28)23-42(38-31)15-14-40-16-18-49-19-17-40/h2-13,23,32-33,45H,14-22,24-25H2,1H3,(H,37,48)/t32-,33-/m0/s1. The third-order valence-electron chi connectivity index (χ3n) is 9.60. The number of morpholine rings is 1. The molecule has 0 aliphatic carbocycles. The number of fused-ring (bicyclic) bond motifs is 2. The van der Waals surface area contributed by atoms with Crippen molar-refractivity contribution in [3.8, 4) is 5.75 Å². The molecule has 0 spiro atoms. The van der Waals surface area contributed by atoms with Crippen molar-refractivity contribution in [3.05, 3.63) is 95.7 Å². The summed E-state index contributed by atoms with van der Waals surface area (Å²) in [6, 6.07) is 21.0. The van der Waals surface area contributed by atoms with Crippen molar-refractivity contribution < 1.29 is 24.2 Å². The number of ether oxygens (including phenoxy) is 1. The highest BCUT2D eigenvalue weighted by atomic mass is 16.5. The highest BCUT2D eigenvalue weighted by Crippen LogP contribution is 2.30. The summed E-state index contributed by atoms with van der Waals surface area (Å²) in [5.74, 6) is -0.294. The largest absolute Gasteiger partial charge is 0.508 e. The van der Waals surface area contributed by atoms with Gasteiger partial charge in [0.05, 0.1) is 38.4 Å². The molecule has 3 fully saturated rings. The van der Waals surface area contributed by atoms with Gasteiger partial charge in [0, 0.05) is 57.8 Å². The number of hydrogen-bond acceptors (Lipinski definition) is 8. The SMILES string of the molecule is CN1CC(=O)N2[C@@H](Cc3ccc(O)cc3)C(=O)N(Cc3cccc4nn(CCN5CCOCC5)cc34)C[C@@H]2N1C(=O)NCc1ccccc1. The molecule has 0 saturated carbocycles. The second-order valence-corrected chi connectivity index (χ2v) is 12.9. The first kappa shape index (κ1) is 32.6. The zero-order chi connectivity index (χ0) is 33.9. The number of urea groups is 1. The number of rotatable bonds is 9. The maximum atomic E-state index is 14.4. The lowest BCUT2D eigenvalue weighted by Crippen LogP contribution is -2.76. The summed E-state index contributed by atoms with van der Waals surface area (Å²) in [6.45, 7) is 5.63. The van der Waals surface area contributed by atoms with E-state index < -0.39 is 12.2 Å². The lowest BCUT2D eigenvalue weighted by Gasteiger charge is -2.54. The van der Waals surface area contributed by atoms with Gasteiger partial charge in [0.1, 0.15) is 18.0 Å². The van der Waals surface area contributed by atoms with Crippen LogP contribution < -0.4 is 5.32 Å². The molecule has 0 unspecified atom stereocenters. The second kappa shape index (κ2) is 14.2. The summed E-state index contributed by atoms with van der Waals surface area (Å²) < 4.78 is 7.44. The van der Waals surface area contributed by atoms with E-state index in [-0.39, 0.29) is 43.1 Å². The van der Waals surface area contributed by atoms with Gasteiger partial charge in [-0.2, -0.15) is 5.10 Å². The van der Waals surface area contributed by atoms with Crippen LogP contribution in [0.15, 0.2) is 79.0 Å². The van der Waals surface area contributed by atoms with Gasteiger partial charge >= 0.3 is 6.03 Å². The Morgan fingerprint density at radius 3 is 2.51 bits per heavy atom. The van der Waals surface area contributed by atoms with Crippen LogP contribution in [0.4, 0.5) is 4.79 Å². The molecule has 256 valence electrons. The van der Waals surface area contributed by atoms with E-state index in [1.807, 2.05) is 59.4 Å². The number of benzene rings is 3. The molecule has 4 heterocycles. The zero-order valence-corrected chi connectivity index (χ0v) is 27.6. The molecule has 1 aromatic heterocycles. The third-order valence-corrected chi connectivity index (χ3v) is 9.60. The molecule has 2 N–H and O–H groups in total. The van der Waals surface area contributed by atoms with Crippen LogP contribution >= 0.6 is 0 Å². The van der Waals surface area contributed by atoms with Crippen LogP contribution in [-0.4, -0.2) is 123 Å². The number of amides is 4.